The summed E-state index contributed by atoms with van der Waals surface area (Å²) in [4.78, 5) is 0. The van der Waals surface area contributed by atoms with Crippen molar-refractivity contribution in [3.63, 3.8) is 0 Å². The van der Waals surface area contributed by atoms with Crippen LogP contribution < -0.4 is 0 Å². The summed E-state index contributed by atoms with van der Waals surface area (Å²) in [5, 5.41) is 3.84. The van der Waals surface area contributed by atoms with Crippen LogP contribution in [0.4, 0.5) is 0 Å². The van der Waals surface area contributed by atoms with Crippen LogP contribution in [-0.4, -0.2) is 22.4 Å². The van der Waals surface area contributed by atoms with E-state index < -0.39 is 14.8 Å². The molecule has 1 aliphatic carbocycles. The molecule has 0 spiro atoms. The van der Waals surface area contributed by atoms with Crippen molar-refractivity contribution in [3.8, 4) is 0 Å². The van der Waals surface area contributed by atoms with E-state index in [0.717, 1.165) is 15.2 Å². The Hall–Kier alpha value is -1.36. The van der Waals surface area contributed by atoms with E-state index in [4.69, 9.17) is 0 Å². The minimum absolute atomic E-state index is 0.506. The standard InChI is InChI=1S/C12H16N2O2S/c1-10-7-11(2)9-12(3,8-10)17(15,16)14-6-4-5-13-14/h4-8H,9H2,1-3H3. The average molecular weight is 252 g/mol. The molecule has 4 nitrogen and oxygen atoms in total. The molecule has 0 aromatic carbocycles. The number of hydrogen-bond acceptors (Lipinski definition) is 3. The van der Waals surface area contributed by atoms with Gasteiger partial charge in [0.05, 0.1) is 6.20 Å². The Kier molecular flexibility index (Phi) is 2.73. The predicted octanol–water partition coefficient (Wildman–Crippen LogP) is 2.12. The van der Waals surface area contributed by atoms with Crippen molar-refractivity contribution in [2.45, 2.75) is 31.9 Å². The first-order chi connectivity index (χ1) is 7.85. The molecule has 17 heavy (non-hydrogen) atoms. The largest absolute Gasteiger partial charge is 0.263 e. The molecular weight excluding hydrogens is 236 g/mol. The van der Waals surface area contributed by atoms with Crippen molar-refractivity contribution in [2.24, 2.45) is 0 Å². The molecule has 0 saturated heterocycles. The summed E-state index contributed by atoms with van der Waals surface area (Å²) in [5.74, 6) is 0. The van der Waals surface area contributed by atoms with Gasteiger partial charge in [-0.05, 0) is 33.3 Å². The lowest BCUT2D eigenvalue weighted by Crippen LogP contribution is -2.39. The fraction of sp³-hybridized carbons (Fsp3) is 0.417. The Bertz CT molecular complexity index is 582. The van der Waals surface area contributed by atoms with E-state index in [1.165, 1.54) is 12.4 Å². The monoisotopic (exact) mass is 252 g/mol. The van der Waals surface area contributed by atoms with Gasteiger partial charge in [0.15, 0.2) is 0 Å². The van der Waals surface area contributed by atoms with Gasteiger partial charge in [0, 0.05) is 6.20 Å². The lowest BCUT2D eigenvalue weighted by atomic mass is 9.92. The Balaban J connectivity index is 2.52. The normalized spacial score (nSPS) is 25.4. The van der Waals surface area contributed by atoms with Gasteiger partial charge < -0.3 is 0 Å². The molecule has 1 aromatic heterocycles. The van der Waals surface area contributed by atoms with Gasteiger partial charge in [-0.3, -0.25) is 0 Å². The summed E-state index contributed by atoms with van der Waals surface area (Å²) < 4.78 is 25.1. The lowest BCUT2D eigenvalue weighted by Gasteiger charge is -2.29. The number of nitrogens with zero attached hydrogens (tertiary/aromatic N) is 2. The van der Waals surface area contributed by atoms with Crippen LogP contribution in [0.3, 0.4) is 0 Å². The Morgan fingerprint density at radius 2 is 2.12 bits per heavy atom. The third kappa shape index (κ3) is 1.95. The zero-order chi connectivity index (χ0) is 12.7. The van der Waals surface area contributed by atoms with Crippen molar-refractivity contribution >= 4 is 10.0 Å². The van der Waals surface area contributed by atoms with Gasteiger partial charge in [-0.25, -0.2) is 8.42 Å². The fourth-order valence-corrected chi connectivity index (χ4v) is 3.93. The minimum Gasteiger partial charge on any atom is -0.204 e. The van der Waals surface area contributed by atoms with Crippen molar-refractivity contribution < 1.29 is 8.42 Å². The number of hydrogen-bond donors (Lipinski definition) is 0. The maximum absolute atomic E-state index is 12.5. The predicted molar refractivity (Wildman–Crippen MR) is 67.1 cm³/mol. The van der Waals surface area contributed by atoms with Gasteiger partial charge in [-0.2, -0.15) is 9.19 Å². The highest BCUT2D eigenvalue weighted by molar-refractivity contribution is 7.91. The van der Waals surface area contributed by atoms with Crippen molar-refractivity contribution in [3.05, 3.63) is 41.8 Å². The number of aromatic nitrogens is 2. The number of rotatable bonds is 2. The van der Waals surface area contributed by atoms with Crippen molar-refractivity contribution in [1.29, 1.82) is 0 Å². The molecule has 1 aliphatic rings. The minimum atomic E-state index is -3.50. The highest BCUT2D eigenvalue weighted by atomic mass is 32.2. The molecule has 0 radical (unpaired) electrons. The topological polar surface area (TPSA) is 52.0 Å². The summed E-state index contributed by atoms with van der Waals surface area (Å²) in [5.41, 5.74) is 2.05. The SMILES string of the molecule is CC1=CC(C)(S(=O)(=O)n2cccn2)CC(C)=C1. The van der Waals surface area contributed by atoms with Crippen molar-refractivity contribution in [1.82, 2.24) is 9.19 Å². The summed E-state index contributed by atoms with van der Waals surface area (Å²) >= 11 is 0. The molecular formula is C12H16N2O2S. The summed E-state index contributed by atoms with van der Waals surface area (Å²) in [6.45, 7) is 5.61. The van der Waals surface area contributed by atoms with E-state index in [-0.39, 0.29) is 0 Å². The Morgan fingerprint density at radius 1 is 1.41 bits per heavy atom. The third-order valence-corrected chi connectivity index (χ3v) is 5.10. The Labute approximate surface area is 102 Å². The highest BCUT2D eigenvalue weighted by Crippen LogP contribution is 2.33. The summed E-state index contributed by atoms with van der Waals surface area (Å²) in [6.07, 6.45) is 7.27. The maximum Gasteiger partial charge on any atom is 0.263 e. The van der Waals surface area contributed by atoms with Gasteiger partial charge in [-0.1, -0.05) is 23.3 Å². The lowest BCUT2D eigenvalue weighted by molar-refractivity contribution is 0.541. The molecule has 0 bridgehead atoms. The first-order valence-electron chi connectivity index (χ1n) is 5.46. The molecule has 0 saturated carbocycles. The molecule has 0 N–H and O–H groups in total. The molecule has 1 unspecified atom stereocenters. The third-order valence-electron chi connectivity index (χ3n) is 2.95. The first-order valence-corrected chi connectivity index (χ1v) is 6.90. The van der Waals surface area contributed by atoms with Gasteiger partial charge >= 0.3 is 0 Å². The molecule has 5 heteroatoms. The zero-order valence-corrected chi connectivity index (χ0v) is 11.0. The second-order valence-electron chi connectivity index (χ2n) is 4.75. The van der Waals surface area contributed by atoms with Gasteiger partial charge in [0.25, 0.3) is 10.0 Å². The van der Waals surface area contributed by atoms with Crippen LogP contribution in [0.1, 0.15) is 27.2 Å². The summed E-state index contributed by atoms with van der Waals surface area (Å²) in [6, 6.07) is 1.61. The zero-order valence-electron chi connectivity index (χ0n) is 10.2. The van der Waals surface area contributed by atoms with E-state index in [2.05, 4.69) is 5.10 Å². The van der Waals surface area contributed by atoms with Crippen LogP contribution in [0, 0.1) is 0 Å². The van der Waals surface area contributed by atoms with Crippen LogP contribution in [0.5, 0.6) is 0 Å². The average Bonchev–Trinajstić information content (AvgIpc) is 2.67. The molecule has 1 heterocycles. The van der Waals surface area contributed by atoms with E-state index in [0.29, 0.717) is 6.42 Å². The molecule has 92 valence electrons. The Morgan fingerprint density at radius 3 is 2.65 bits per heavy atom. The molecule has 1 aromatic rings. The molecule has 0 amide bonds. The van der Waals surface area contributed by atoms with Crippen LogP contribution in [0.15, 0.2) is 41.8 Å². The molecule has 2 rings (SSSR count). The smallest absolute Gasteiger partial charge is 0.204 e. The van der Waals surface area contributed by atoms with Crippen LogP contribution in [0.25, 0.3) is 0 Å². The maximum atomic E-state index is 12.5. The second kappa shape index (κ2) is 3.84. The van der Waals surface area contributed by atoms with E-state index in [1.807, 2.05) is 19.9 Å². The van der Waals surface area contributed by atoms with Crippen LogP contribution in [-0.2, 0) is 10.0 Å². The van der Waals surface area contributed by atoms with Gasteiger partial charge in [0.1, 0.15) is 4.75 Å². The van der Waals surface area contributed by atoms with Crippen LogP contribution in [0.2, 0.25) is 0 Å². The highest BCUT2D eigenvalue weighted by Gasteiger charge is 2.40. The second-order valence-corrected chi connectivity index (χ2v) is 7.01. The molecule has 0 aliphatic heterocycles. The van der Waals surface area contributed by atoms with E-state index >= 15 is 0 Å². The van der Waals surface area contributed by atoms with Gasteiger partial charge in [0.2, 0.25) is 0 Å². The molecule has 1 atom stereocenters. The number of allylic oxidation sites excluding steroid dienone is 3. The van der Waals surface area contributed by atoms with E-state index in [9.17, 15) is 8.42 Å². The first kappa shape index (κ1) is 12.1. The van der Waals surface area contributed by atoms with Crippen molar-refractivity contribution in [2.75, 3.05) is 0 Å². The fourth-order valence-electron chi connectivity index (χ4n) is 2.34. The molecule has 0 fully saturated rings. The van der Waals surface area contributed by atoms with Crippen LogP contribution >= 0.6 is 0 Å². The summed E-state index contributed by atoms with van der Waals surface area (Å²) in [7, 11) is -3.50. The van der Waals surface area contributed by atoms with Gasteiger partial charge in [-0.15, -0.1) is 0 Å². The quantitative estimate of drug-likeness (QED) is 0.810. The van der Waals surface area contributed by atoms with E-state index in [1.54, 1.807) is 19.1 Å².